The lowest BCUT2D eigenvalue weighted by Gasteiger charge is -2.30. The van der Waals surface area contributed by atoms with Crippen LogP contribution in [0.1, 0.15) is 17.0 Å². The highest BCUT2D eigenvalue weighted by atomic mass is 16.5. The van der Waals surface area contributed by atoms with Crippen molar-refractivity contribution in [2.45, 2.75) is 5.92 Å². The molecule has 4 rings (SSSR count). The molecule has 5 N–H and O–H groups in total. The minimum absolute atomic E-state index is 0.0486. The van der Waals surface area contributed by atoms with E-state index in [2.05, 4.69) is 5.16 Å². The summed E-state index contributed by atoms with van der Waals surface area (Å²) < 4.78 is 16.8. The number of oxime groups is 1. The van der Waals surface area contributed by atoms with Gasteiger partial charge in [-0.25, -0.2) is 0 Å². The first-order valence-corrected chi connectivity index (χ1v) is 9.18. The van der Waals surface area contributed by atoms with Crippen LogP contribution in [0.25, 0.3) is 10.8 Å². The Balaban J connectivity index is 2.03. The second-order valence-electron chi connectivity index (χ2n) is 6.85. The first-order valence-electron chi connectivity index (χ1n) is 9.18. The molecule has 0 fully saturated rings. The molecule has 0 spiro atoms. The van der Waals surface area contributed by atoms with Gasteiger partial charge in [0, 0.05) is 16.9 Å². The number of amidine groups is 1. The average molecular weight is 401 g/mol. The summed E-state index contributed by atoms with van der Waals surface area (Å²) in [5.74, 6) is 0.889. The van der Waals surface area contributed by atoms with Crippen LogP contribution in [0, 0.1) is 0 Å². The van der Waals surface area contributed by atoms with E-state index in [1.807, 2.05) is 36.4 Å². The Labute approximate surface area is 174 Å². The number of nitrogens with two attached hydrogens (primary N) is 2. The van der Waals surface area contributed by atoms with Gasteiger partial charge in [0.05, 0.1) is 19.8 Å². The molecule has 7 nitrogen and oxygen atoms in total. The zero-order chi connectivity index (χ0) is 21.4. The largest absolute Gasteiger partial charge is 0.493 e. The summed E-state index contributed by atoms with van der Waals surface area (Å²) in [6.45, 7) is 0. The Kier molecular flexibility index (Phi) is 4.91. The van der Waals surface area contributed by atoms with Crippen LogP contribution in [0.5, 0.6) is 17.2 Å². The van der Waals surface area contributed by atoms with E-state index in [1.54, 1.807) is 12.1 Å². The Bertz CT molecular complexity index is 1210. The molecule has 0 amide bonds. The second kappa shape index (κ2) is 7.55. The molecule has 0 aliphatic carbocycles. The molecule has 3 aromatic rings. The first kappa shape index (κ1) is 19.5. The van der Waals surface area contributed by atoms with Crippen LogP contribution in [0.3, 0.4) is 0 Å². The number of methoxy groups -OCH3 is 2. The number of hydrogen-bond acceptors (Lipinski definition) is 6. The summed E-state index contributed by atoms with van der Waals surface area (Å²) in [5.41, 5.74) is 14.5. The molecular formula is C22H20BN3O4. The third-order valence-corrected chi connectivity index (χ3v) is 5.23. The number of rotatable bonds is 4. The summed E-state index contributed by atoms with van der Waals surface area (Å²) >= 11 is 0. The van der Waals surface area contributed by atoms with Crippen LogP contribution in [-0.4, -0.2) is 33.1 Å². The van der Waals surface area contributed by atoms with Gasteiger partial charge in [0.25, 0.3) is 0 Å². The summed E-state index contributed by atoms with van der Waals surface area (Å²) in [4.78, 5) is 0. The fourth-order valence-electron chi connectivity index (χ4n) is 3.92. The van der Waals surface area contributed by atoms with Gasteiger partial charge in [-0.2, -0.15) is 0 Å². The van der Waals surface area contributed by atoms with Gasteiger partial charge in [0.15, 0.2) is 23.2 Å². The van der Waals surface area contributed by atoms with E-state index in [9.17, 15) is 5.21 Å². The van der Waals surface area contributed by atoms with E-state index in [0.717, 1.165) is 21.9 Å². The minimum Gasteiger partial charge on any atom is -0.493 e. The highest BCUT2D eigenvalue weighted by molar-refractivity contribution is 6.34. The van der Waals surface area contributed by atoms with Crippen LogP contribution in [0.2, 0.25) is 0 Å². The molecule has 0 saturated carbocycles. The molecule has 0 bridgehead atoms. The molecule has 0 aromatic heterocycles. The molecule has 8 heteroatoms. The van der Waals surface area contributed by atoms with Crippen molar-refractivity contribution in [3.63, 3.8) is 0 Å². The SMILES string of the molecule is [B]c1cc(C2C(/C(N)=N/O)=C(N)Oc3c2ccc2ccccc32)cc(OC)c1OC. The van der Waals surface area contributed by atoms with E-state index in [4.69, 9.17) is 33.5 Å². The van der Waals surface area contributed by atoms with E-state index < -0.39 is 5.92 Å². The molecule has 150 valence electrons. The molecule has 2 radical (unpaired) electrons. The summed E-state index contributed by atoms with van der Waals surface area (Å²) in [6.07, 6.45) is 0. The van der Waals surface area contributed by atoms with Gasteiger partial charge in [-0.15, -0.1) is 0 Å². The van der Waals surface area contributed by atoms with E-state index in [-0.39, 0.29) is 11.7 Å². The van der Waals surface area contributed by atoms with Crippen molar-refractivity contribution >= 4 is 29.9 Å². The molecular weight excluding hydrogens is 381 g/mol. The molecule has 1 unspecified atom stereocenters. The maximum absolute atomic E-state index is 9.38. The van der Waals surface area contributed by atoms with Crippen LogP contribution in [0.4, 0.5) is 0 Å². The van der Waals surface area contributed by atoms with Crippen molar-refractivity contribution in [3.05, 3.63) is 71.1 Å². The Morgan fingerprint density at radius 3 is 2.60 bits per heavy atom. The van der Waals surface area contributed by atoms with Crippen molar-refractivity contribution in [1.82, 2.24) is 0 Å². The lowest BCUT2D eigenvalue weighted by atomic mass is 9.79. The number of ether oxygens (including phenoxy) is 3. The van der Waals surface area contributed by atoms with E-state index in [1.165, 1.54) is 14.2 Å². The highest BCUT2D eigenvalue weighted by Crippen LogP contribution is 2.46. The average Bonchev–Trinajstić information content (AvgIpc) is 2.76. The summed E-state index contributed by atoms with van der Waals surface area (Å²) in [7, 11) is 9.27. The lowest BCUT2D eigenvalue weighted by molar-refractivity contribution is 0.317. The Hall–Kier alpha value is -3.81. The van der Waals surface area contributed by atoms with Crippen LogP contribution in [0.15, 0.2) is 65.1 Å². The number of benzene rings is 3. The first-order chi connectivity index (χ1) is 14.5. The minimum atomic E-state index is -0.503. The molecule has 1 aliphatic rings. The molecule has 1 heterocycles. The van der Waals surface area contributed by atoms with Crippen LogP contribution < -0.4 is 31.1 Å². The normalized spacial score (nSPS) is 16.2. The molecule has 3 aromatic carbocycles. The zero-order valence-electron chi connectivity index (χ0n) is 16.5. The van der Waals surface area contributed by atoms with Gasteiger partial charge in [-0.3, -0.25) is 0 Å². The topological polar surface area (TPSA) is 112 Å². The molecule has 1 atom stereocenters. The molecule has 1 aliphatic heterocycles. The quantitative estimate of drug-likeness (QED) is 0.203. The van der Waals surface area contributed by atoms with Gasteiger partial charge in [-0.05, 0) is 17.0 Å². The van der Waals surface area contributed by atoms with Crippen molar-refractivity contribution < 1.29 is 19.4 Å². The van der Waals surface area contributed by atoms with Gasteiger partial charge < -0.3 is 30.9 Å². The van der Waals surface area contributed by atoms with Gasteiger partial charge in [-0.1, -0.05) is 53.1 Å². The van der Waals surface area contributed by atoms with Crippen molar-refractivity contribution in [2.75, 3.05) is 14.2 Å². The fourth-order valence-corrected chi connectivity index (χ4v) is 3.92. The van der Waals surface area contributed by atoms with E-state index >= 15 is 0 Å². The standard InChI is InChI=1S/C22H20BN3O4/c1-28-16-10-12(9-15(23)20(16)29-2)17-14-8-7-11-5-3-4-6-13(11)19(14)30-22(25)18(17)21(24)26-27/h3-10,17,27H,25H2,1-2H3,(H2,24,26). The predicted octanol–water partition coefficient (Wildman–Crippen LogP) is 2.09. The predicted molar refractivity (Wildman–Crippen MR) is 116 cm³/mol. The Morgan fingerprint density at radius 1 is 1.13 bits per heavy atom. The van der Waals surface area contributed by atoms with Gasteiger partial charge in [0.1, 0.15) is 13.6 Å². The third kappa shape index (κ3) is 2.97. The van der Waals surface area contributed by atoms with Crippen molar-refractivity contribution in [1.29, 1.82) is 0 Å². The monoisotopic (exact) mass is 401 g/mol. The third-order valence-electron chi connectivity index (χ3n) is 5.23. The smallest absolute Gasteiger partial charge is 0.198 e. The van der Waals surface area contributed by atoms with Crippen LogP contribution in [-0.2, 0) is 0 Å². The lowest BCUT2D eigenvalue weighted by Crippen LogP contribution is -2.30. The summed E-state index contributed by atoms with van der Waals surface area (Å²) in [6, 6.07) is 15.3. The maximum Gasteiger partial charge on any atom is 0.198 e. The van der Waals surface area contributed by atoms with Gasteiger partial charge >= 0.3 is 0 Å². The number of fused-ring (bicyclic) bond motifs is 3. The number of hydrogen-bond donors (Lipinski definition) is 3. The van der Waals surface area contributed by atoms with Gasteiger partial charge in [0.2, 0.25) is 0 Å². The molecule has 0 saturated heterocycles. The zero-order valence-corrected chi connectivity index (χ0v) is 16.5. The van der Waals surface area contributed by atoms with Crippen molar-refractivity contribution in [2.24, 2.45) is 16.6 Å². The molecule has 30 heavy (non-hydrogen) atoms. The maximum atomic E-state index is 9.38. The summed E-state index contributed by atoms with van der Waals surface area (Å²) in [5, 5.41) is 14.4. The van der Waals surface area contributed by atoms with Crippen molar-refractivity contribution in [3.8, 4) is 17.2 Å². The fraction of sp³-hybridized carbons (Fsp3) is 0.136. The van der Waals surface area contributed by atoms with E-state index in [0.29, 0.717) is 28.3 Å². The number of nitrogens with zero attached hydrogens (tertiary/aromatic N) is 1. The highest BCUT2D eigenvalue weighted by Gasteiger charge is 2.34. The van der Waals surface area contributed by atoms with Crippen LogP contribution >= 0.6 is 0 Å². The second-order valence-corrected chi connectivity index (χ2v) is 6.85. The Morgan fingerprint density at radius 2 is 1.90 bits per heavy atom.